The molecule has 2 N–H and O–H groups in total. The summed E-state index contributed by atoms with van der Waals surface area (Å²) in [5, 5.41) is 10.2. The van der Waals surface area contributed by atoms with E-state index in [1.54, 1.807) is 6.07 Å². The minimum absolute atomic E-state index is 0.462. The van der Waals surface area contributed by atoms with Crippen molar-refractivity contribution >= 4 is 39.2 Å². The molecule has 2 aromatic heterocycles. The smallest absolute Gasteiger partial charge is 0.230 e. The Morgan fingerprint density at radius 1 is 0.957 bits per heavy atom. The fourth-order valence-electron chi connectivity index (χ4n) is 2.09. The molecule has 0 saturated heterocycles. The number of nitrogens with one attached hydrogen (secondary N) is 2. The molecule has 0 aliphatic rings. The fourth-order valence-corrected chi connectivity index (χ4v) is 2.68. The second-order valence-electron chi connectivity index (χ2n) is 5.27. The van der Waals surface area contributed by atoms with Gasteiger partial charge in [-0.2, -0.15) is 4.98 Å². The van der Waals surface area contributed by atoms with E-state index < -0.39 is 0 Å². The maximum absolute atomic E-state index is 5.03. The van der Waals surface area contributed by atoms with E-state index >= 15 is 0 Å². The number of rotatable bonds is 4. The highest BCUT2D eigenvalue weighted by atomic mass is 79.9. The number of benzene rings is 1. The quantitative estimate of drug-likeness (QED) is 0.693. The Morgan fingerprint density at radius 2 is 1.78 bits per heavy atom. The van der Waals surface area contributed by atoms with E-state index in [1.807, 2.05) is 45.0 Å². The Bertz CT molecular complexity index is 846. The van der Waals surface area contributed by atoms with Crippen molar-refractivity contribution in [1.82, 2.24) is 15.1 Å². The lowest BCUT2D eigenvalue weighted by Gasteiger charge is -2.10. The second-order valence-corrected chi connectivity index (χ2v) is 6.13. The normalized spacial score (nSPS) is 10.6. The fraction of sp³-hybridized carbons (Fsp3) is 0.188. The summed E-state index contributed by atoms with van der Waals surface area (Å²) in [5.74, 6) is 2.46. The van der Waals surface area contributed by atoms with Crippen LogP contribution in [0.5, 0.6) is 0 Å². The molecule has 7 heteroatoms. The molecule has 0 saturated carbocycles. The summed E-state index contributed by atoms with van der Waals surface area (Å²) < 4.78 is 6.01. The summed E-state index contributed by atoms with van der Waals surface area (Å²) in [6, 6.07) is 9.76. The summed E-state index contributed by atoms with van der Waals surface area (Å²) in [6.45, 7) is 5.79. The van der Waals surface area contributed by atoms with Crippen molar-refractivity contribution in [3.63, 3.8) is 0 Å². The van der Waals surface area contributed by atoms with Crippen molar-refractivity contribution < 1.29 is 4.52 Å². The SMILES string of the molecule is Cc1ccc(Nc2cc(C)nc(Nc3cc(C)on3)n2)c(Br)c1. The van der Waals surface area contributed by atoms with Gasteiger partial charge in [0.1, 0.15) is 11.6 Å². The van der Waals surface area contributed by atoms with E-state index in [4.69, 9.17) is 4.52 Å². The maximum atomic E-state index is 5.03. The zero-order chi connectivity index (χ0) is 16.4. The number of anilines is 4. The topological polar surface area (TPSA) is 75.9 Å². The molecule has 0 aliphatic heterocycles. The summed E-state index contributed by atoms with van der Waals surface area (Å²) in [6.07, 6.45) is 0. The molecular formula is C16H16BrN5O. The van der Waals surface area contributed by atoms with Crippen molar-refractivity contribution in [2.75, 3.05) is 10.6 Å². The van der Waals surface area contributed by atoms with Gasteiger partial charge in [0.25, 0.3) is 0 Å². The standard InChI is InChI=1S/C16H16BrN5O/c1-9-4-5-13(12(17)6-9)19-14-7-10(2)18-16(20-14)21-15-8-11(3)23-22-15/h4-8H,1-3H3,(H2,18,19,20,21,22). The largest absolute Gasteiger partial charge is 0.360 e. The van der Waals surface area contributed by atoms with E-state index in [0.717, 1.165) is 21.6 Å². The zero-order valence-electron chi connectivity index (χ0n) is 13.0. The molecular weight excluding hydrogens is 358 g/mol. The van der Waals surface area contributed by atoms with Crippen LogP contribution in [-0.2, 0) is 0 Å². The molecule has 0 bridgehead atoms. The Kier molecular flexibility index (Phi) is 4.29. The van der Waals surface area contributed by atoms with Gasteiger partial charge in [0.2, 0.25) is 5.95 Å². The molecule has 3 rings (SSSR count). The first kappa shape index (κ1) is 15.5. The molecule has 3 aromatic rings. The van der Waals surface area contributed by atoms with E-state index in [2.05, 4.69) is 41.7 Å². The van der Waals surface area contributed by atoms with E-state index in [-0.39, 0.29) is 0 Å². The predicted octanol–water partition coefficient (Wildman–Crippen LogP) is 4.64. The number of halogens is 1. The van der Waals surface area contributed by atoms with Crippen LogP contribution in [0.3, 0.4) is 0 Å². The zero-order valence-corrected chi connectivity index (χ0v) is 14.6. The van der Waals surface area contributed by atoms with Crippen molar-refractivity contribution in [1.29, 1.82) is 0 Å². The van der Waals surface area contributed by atoms with E-state index in [1.165, 1.54) is 5.56 Å². The molecule has 1 aromatic carbocycles. The van der Waals surface area contributed by atoms with Gasteiger partial charge in [-0.15, -0.1) is 0 Å². The van der Waals surface area contributed by atoms with Gasteiger partial charge in [-0.25, -0.2) is 4.98 Å². The average molecular weight is 374 g/mol. The van der Waals surface area contributed by atoms with Crippen LogP contribution in [0.15, 0.2) is 39.3 Å². The maximum Gasteiger partial charge on any atom is 0.230 e. The third kappa shape index (κ3) is 3.87. The summed E-state index contributed by atoms with van der Waals surface area (Å²) in [5.41, 5.74) is 2.97. The number of hydrogen-bond acceptors (Lipinski definition) is 6. The van der Waals surface area contributed by atoms with Gasteiger partial charge in [-0.3, -0.25) is 0 Å². The first-order valence-corrected chi connectivity index (χ1v) is 7.88. The molecule has 0 spiro atoms. The van der Waals surface area contributed by atoms with Crippen molar-refractivity contribution in [3.05, 3.63) is 51.8 Å². The average Bonchev–Trinajstić information content (AvgIpc) is 2.86. The van der Waals surface area contributed by atoms with Gasteiger partial charge in [0, 0.05) is 22.3 Å². The molecule has 2 heterocycles. The highest BCUT2D eigenvalue weighted by Gasteiger charge is 2.07. The predicted molar refractivity (Wildman–Crippen MR) is 93.5 cm³/mol. The van der Waals surface area contributed by atoms with Crippen LogP contribution in [0.1, 0.15) is 17.0 Å². The first-order valence-electron chi connectivity index (χ1n) is 7.09. The van der Waals surface area contributed by atoms with Gasteiger partial charge in [-0.05, 0) is 54.4 Å². The molecule has 118 valence electrons. The number of aromatic nitrogens is 3. The molecule has 0 aliphatic carbocycles. The Labute approximate surface area is 142 Å². The van der Waals surface area contributed by atoms with Gasteiger partial charge in [0.15, 0.2) is 5.82 Å². The van der Waals surface area contributed by atoms with E-state index in [0.29, 0.717) is 17.6 Å². The number of aryl methyl sites for hydroxylation is 3. The van der Waals surface area contributed by atoms with Crippen molar-refractivity contribution in [3.8, 4) is 0 Å². The van der Waals surface area contributed by atoms with Gasteiger partial charge in [-0.1, -0.05) is 11.2 Å². The van der Waals surface area contributed by atoms with Crippen LogP contribution in [0, 0.1) is 20.8 Å². The Balaban J connectivity index is 1.85. The second kappa shape index (κ2) is 6.37. The summed E-state index contributed by atoms with van der Waals surface area (Å²) in [7, 11) is 0. The summed E-state index contributed by atoms with van der Waals surface area (Å²) in [4.78, 5) is 8.82. The van der Waals surface area contributed by atoms with Crippen LogP contribution in [0.4, 0.5) is 23.3 Å². The van der Waals surface area contributed by atoms with Gasteiger partial charge < -0.3 is 15.2 Å². The van der Waals surface area contributed by atoms with Crippen LogP contribution < -0.4 is 10.6 Å². The molecule has 0 radical (unpaired) electrons. The first-order chi connectivity index (χ1) is 11.0. The van der Waals surface area contributed by atoms with Gasteiger partial charge in [0.05, 0.1) is 5.69 Å². The molecule has 0 fully saturated rings. The lowest BCUT2D eigenvalue weighted by atomic mass is 10.2. The summed E-state index contributed by atoms with van der Waals surface area (Å²) >= 11 is 3.55. The highest BCUT2D eigenvalue weighted by molar-refractivity contribution is 9.10. The molecule has 23 heavy (non-hydrogen) atoms. The van der Waals surface area contributed by atoms with Crippen LogP contribution in [-0.4, -0.2) is 15.1 Å². The number of nitrogens with zero attached hydrogens (tertiary/aromatic N) is 3. The molecule has 0 atom stereocenters. The van der Waals surface area contributed by atoms with Gasteiger partial charge >= 0.3 is 0 Å². The monoisotopic (exact) mass is 373 g/mol. The van der Waals surface area contributed by atoms with Crippen molar-refractivity contribution in [2.45, 2.75) is 20.8 Å². The Morgan fingerprint density at radius 3 is 2.48 bits per heavy atom. The number of hydrogen-bond donors (Lipinski definition) is 2. The highest BCUT2D eigenvalue weighted by Crippen LogP contribution is 2.27. The van der Waals surface area contributed by atoms with Crippen LogP contribution in [0.2, 0.25) is 0 Å². The minimum atomic E-state index is 0.462. The van der Waals surface area contributed by atoms with E-state index in [9.17, 15) is 0 Å². The lowest BCUT2D eigenvalue weighted by Crippen LogP contribution is -2.02. The van der Waals surface area contributed by atoms with Crippen molar-refractivity contribution in [2.24, 2.45) is 0 Å². The van der Waals surface area contributed by atoms with Crippen LogP contribution >= 0.6 is 15.9 Å². The molecule has 0 amide bonds. The minimum Gasteiger partial charge on any atom is -0.360 e. The third-order valence-corrected chi connectivity index (χ3v) is 3.77. The van der Waals surface area contributed by atoms with Crippen LogP contribution in [0.25, 0.3) is 0 Å². The third-order valence-electron chi connectivity index (χ3n) is 3.11. The lowest BCUT2D eigenvalue weighted by molar-refractivity contribution is 0.400. The molecule has 6 nitrogen and oxygen atoms in total. The Hall–Kier alpha value is -2.41. The molecule has 0 unspecified atom stereocenters.